The Bertz CT molecular complexity index is 477. The summed E-state index contributed by atoms with van der Waals surface area (Å²) in [4.78, 5) is 18.7. The van der Waals surface area contributed by atoms with Gasteiger partial charge in [-0.25, -0.2) is 0 Å². The van der Waals surface area contributed by atoms with Gasteiger partial charge in [-0.15, -0.1) is 9.36 Å². The summed E-state index contributed by atoms with van der Waals surface area (Å²) in [5, 5.41) is 16.1. The third-order valence-electron chi connectivity index (χ3n) is 1.86. The molecule has 1 rings (SSSR count). The molecule has 8 nitrogen and oxygen atoms in total. The van der Waals surface area contributed by atoms with E-state index in [0.29, 0.717) is 17.4 Å². The van der Waals surface area contributed by atoms with Gasteiger partial charge in [0.2, 0.25) is 6.41 Å². The van der Waals surface area contributed by atoms with E-state index in [-0.39, 0.29) is 0 Å². The molecule has 0 fully saturated rings. The number of nitrogen functional groups attached to an aromatic ring is 1. The van der Waals surface area contributed by atoms with Gasteiger partial charge < -0.3 is 15.2 Å². The van der Waals surface area contributed by atoms with Crippen molar-refractivity contribution in [1.29, 1.82) is 0 Å². The fourth-order valence-corrected chi connectivity index (χ4v) is 1.51. The number of nitrogens with zero attached hydrogens (tertiary/aromatic N) is 3. The largest absolute Gasteiger partial charge is 0.542 e. The number of carbonyl (C=O) groups excluding carboxylic acids is 2. The molecule has 0 aliphatic carbocycles. The third kappa shape index (κ3) is 5.77. The van der Waals surface area contributed by atoms with Crippen LogP contribution in [0, 0.1) is 6.92 Å². The van der Waals surface area contributed by atoms with E-state index in [4.69, 9.17) is 15.7 Å². The number of aromatic nitrogens is 3. The molecule has 0 atom stereocenters. The Labute approximate surface area is 115 Å². The third-order valence-corrected chi connectivity index (χ3v) is 2.71. The van der Waals surface area contributed by atoms with Crippen molar-refractivity contribution in [2.45, 2.75) is 18.3 Å². The zero-order valence-electron chi connectivity index (χ0n) is 10.5. The number of carbonyl (C=O) groups is 2. The molecule has 1 aromatic rings. The summed E-state index contributed by atoms with van der Waals surface area (Å²) >= 11 is 1.37. The van der Waals surface area contributed by atoms with Gasteiger partial charge in [-0.1, -0.05) is 0 Å². The number of carboxylic acid groups (broad SMARTS) is 1. The molecule has 12 heteroatoms. The van der Waals surface area contributed by atoms with E-state index in [1.54, 1.807) is 4.68 Å². The number of alkyl halides is 3. The van der Waals surface area contributed by atoms with Gasteiger partial charge in [0.05, 0.1) is 18.0 Å². The molecule has 0 saturated heterocycles. The molecule has 0 aliphatic heterocycles. The number of halogens is 3. The van der Waals surface area contributed by atoms with Crippen LogP contribution in [0.15, 0.2) is 5.16 Å². The Morgan fingerprint density at radius 1 is 1.65 bits per heavy atom. The SMILES string of the molecule is Cc1n(C)nc(SCNC=O)[n+]1N.O=C([O-])C(F)(F)F. The average molecular weight is 315 g/mol. The van der Waals surface area contributed by atoms with Crippen molar-refractivity contribution in [2.75, 3.05) is 11.7 Å². The van der Waals surface area contributed by atoms with Gasteiger partial charge in [0, 0.05) is 6.92 Å². The lowest BCUT2D eigenvalue weighted by Gasteiger charge is -2.03. The number of rotatable bonds is 4. The van der Waals surface area contributed by atoms with Crippen molar-refractivity contribution < 1.29 is 32.5 Å². The van der Waals surface area contributed by atoms with Crippen LogP contribution in [0.4, 0.5) is 13.2 Å². The Kier molecular flexibility index (Phi) is 6.82. The minimum absolute atomic E-state index is 0.469. The van der Waals surface area contributed by atoms with Gasteiger partial charge in [-0.05, 0) is 11.8 Å². The first-order valence-corrected chi connectivity index (χ1v) is 5.88. The second kappa shape index (κ2) is 7.57. The molecule has 0 saturated carbocycles. The quantitative estimate of drug-likeness (QED) is 0.163. The van der Waals surface area contributed by atoms with E-state index in [2.05, 4.69) is 10.4 Å². The second-order valence-electron chi connectivity index (χ2n) is 3.22. The Morgan fingerprint density at radius 3 is 2.45 bits per heavy atom. The van der Waals surface area contributed by atoms with Crippen LogP contribution in [0.25, 0.3) is 0 Å². The molecule has 0 aromatic carbocycles. The maximum Gasteiger partial charge on any atom is 0.430 e. The predicted molar refractivity (Wildman–Crippen MR) is 59.3 cm³/mol. The Morgan fingerprint density at radius 2 is 2.15 bits per heavy atom. The highest BCUT2D eigenvalue weighted by molar-refractivity contribution is 7.99. The maximum absolute atomic E-state index is 10.5. The number of carboxylic acids is 1. The first-order chi connectivity index (χ1) is 9.11. The predicted octanol–water partition coefficient (Wildman–Crippen LogP) is -2.18. The molecule has 0 spiro atoms. The number of hydrogen-bond acceptors (Lipinski definition) is 6. The Hall–Kier alpha value is -1.98. The van der Waals surface area contributed by atoms with Crippen LogP contribution >= 0.6 is 11.8 Å². The van der Waals surface area contributed by atoms with Crippen LogP contribution in [0.5, 0.6) is 0 Å². The number of aliphatic carboxylic acids is 1. The highest BCUT2D eigenvalue weighted by Crippen LogP contribution is 2.11. The molecule has 114 valence electrons. The highest BCUT2D eigenvalue weighted by Gasteiger charge is 2.28. The van der Waals surface area contributed by atoms with Gasteiger partial charge in [0.15, 0.2) is 0 Å². The summed E-state index contributed by atoms with van der Waals surface area (Å²) in [7, 11) is 1.82. The molecule has 3 N–H and O–H groups in total. The van der Waals surface area contributed by atoms with Gasteiger partial charge in [-0.3, -0.25) is 10.6 Å². The van der Waals surface area contributed by atoms with Crippen molar-refractivity contribution in [3.63, 3.8) is 0 Å². The van der Waals surface area contributed by atoms with E-state index >= 15 is 0 Å². The average Bonchev–Trinajstić information content (AvgIpc) is 2.57. The van der Waals surface area contributed by atoms with Crippen molar-refractivity contribution in [3.05, 3.63) is 5.82 Å². The molecule has 0 aliphatic rings. The summed E-state index contributed by atoms with van der Waals surface area (Å²) in [5.74, 6) is 4.00. The molecule has 20 heavy (non-hydrogen) atoms. The first kappa shape index (κ1) is 18.0. The first-order valence-electron chi connectivity index (χ1n) is 4.90. The van der Waals surface area contributed by atoms with Gasteiger partial charge in [-0.2, -0.15) is 13.2 Å². The van der Waals surface area contributed by atoms with Crippen molar-refractivity contribution >= 4 is 24.1 Å². The molecule has 1 heterocycles. The number of nitrogens with two attached hydrogens (primary N) is 1. The van der Waals surface area contributed by atoms with Crippen LogP contribution in [0.2, 0.25) is 0 Å². The second-order valence-corrected chi connectivity index (χ2v) is 4.16. The van der Waals surface area contributed by atoms with Crippen molar-refractivity contribution in [2.24, 2.45) is 7.05 Å². The van der Waals surface area contributed by atoms with E-state index in [0.717, 1.165) is 5.82 Å². The van der Waals surface area contributed by atoms with Gasteiger partial charge in [0.25, 0.3) is 5.82 Å². The zero-order valence-corrected chi connectivity index (χ0v) is 11.3. The highest BCUT2D eigenvalue weighted by atomic mass is 32.2. The number of amides is 1. The maximum atomic E-state index is 10.5. The van der Waals surface area contributed by atoms with Crippen LogP contribution in [0.1, 0.15) is 5.82 Å². The smallest absolute Gasteiger partial charge is 0.430 e. The molecule has 0 radical (unpaired) electrons. The number of aryl methyl sites for hydroxylation is 1. The summed E-state index contributed by atoms with van der Waals surface area (Å²) in [5.41, 5.74) is 0. The van der Waals surface area contributed by atoms with E-state index in [9.17, 15) is 18.0 Å². The lowest BCUT2D eigenvalue weighted by molar-refractivity contribution is -0.684. The summed E-state index contributed by atoms with van der Waals surface area (Å²) in [6.45, 7) is 1.87. The molecule has 0 unspecified atom stereocenters. The molecular formula is C8H12F3N5O3S. The number of hydrogen-bond donors (Lipinski definition) is 2. The lowest BCUT2D eigenvalue weighted by Crippen LogP contribution is -2.48. The van der Waals surface area contributed by atoms with Crippen LogP contribution in [-0.2, 0) is 16.6 Å². The topological polar surface area (TPSA) is 117 Å². The minimum Gasteiger partial charge on any atom is -0.542 e. The fourth-order valence-electron chi connectivity index (χ4n) is 0.782. The van der Waals surface area contributed by atoms with Crippen molar-refractivity contribution in [3.8, 4) is 0 Å². The summed E-state index contributed by atoms with van der Waals surface area (Å²) in [6.07, 6.45) is -4.55. The molecule has 1 aromatic heterocycles. The van der Waals surface area contributed by atoms with Crippen LogP contribution in [0.3, 0.4) is 0 Å². The molecule has 1 amide bonds. The van der Waals surface area contributed by atoms with E-state index in [1.807, 2.05) is 14.0 Å². The van der Waals surface area contributed by atoms with E-state index < -0.39 is 12.1 Å². The lowest BCUT2D eigenvalue weighted by atomic mass is 10.7. The van der Waals surface area contributed by atoms with Gasteiger partial charge in [0.1, 0.15) is 5.97 Å². The number of thioether (sulfide) groups is 1. The van der Waals surface area contributed by atoms with Crippen molar-refractivity contribution in [1.82, 2.24) is 15.1 Å². The van der Waals surface area contributed by atoms with E-state index in [1.165, 1.54) is 16.4 Å². The van der Waals surface area contributed by atoms with Crippen LogP contribution in [-0.4, -0.2) is 34.2 Å². The summed E-state index contributed by atoms with van der Waals surface area (Å²) in [6, 6.07) is 0. The zero-order chi connectivity index (χ0) is 15.9. The normalized spacial score (nSPS) is 10.4. The Balaban J connectivity index is 0.000000441. The standard InChI is InChI=1S/C6H11N5OS.C2HF3O2/c1-5-10(2)9-6(11(5)7)13-4-8-3-12;3-2(4,5)1(6)7/h3H,4,7H2,1-2H3;(H,6,7). The molecular weight excluding hydrogens is 303 g/mol. The summed E-state index contributed by atoms with van der Waals surface area (Å²) < 4.78 is 34.7. The molecule has 0 bridgehead atoms. The van der Waals surface area contributed by atoms with Gasteiger partial charge >= 0.3 is 11.3 Å². The minimum atomic E-state index is -5.19. The number of nitrogens with one attached hydrogen (secondary N) is 1. The fraction of sp³-hybridized carbons (Fsp3) is 0.500. The van der Waals surface area contributed by atoms with Crippen LogP contribution < -0.4 is 20.9 Å². The monoisotopic (exact) mass is 315 g/mol.